The molecule has 3 N–H and O–H groups in total. The third-order valence-corrected chi connectivity index (χ3v) is 3.69. The fraction of sp³-hybridized carbons (Fsp3) is 0.417. The zero-order valence-corrected chi connectivity index (χ0v) is 11.0. The number of nitrogens with zero attached hydrogens (tertiary/aromatic N) is 2. The van der Waals surface area contributed by atoms with Gasteiger partial charge in [0.15, 0.2) is 5.76 Å². The summed E-state index contributed by atoms with van der Waals surface area (Å²) in [6, 6.07) is 1.45. The molecule has 9 heteroatoms. The van der Waals surface area contributed by atoms with Gasteiger partial charge in [-0.15, -0.1) is 0 Å². The third kappa shape index (κ3) is 2.31. The van der Waals surface area contributed by atoms with E-state index in [1.165, 1.54) is 17.2 Å². The lowest BCUT2D eigenvalue weighted by atomic mass is 10.0. The molecule has 3 rings (SSSR count). The highest BCUT2D eigenvalue weighted by atomic mass is 16.5. The number of furan rings is 1. The minimum absolute atomic E-state index is 0.0674. The number of hydrogen-bond acceptors (Lipinski definition) is 5. The minimum Gasteiger partial charge on any atom is -0.459 e. The second-order valence-electron chi connectivity index (χ2n) is 4.95. The molecule has 0 radical (unpaired) electrons. The van der Waals surface area contributed by atoms with Gasteiger partial charge in [-0.2, -0.15) is 0 Å². The monoisotopic (exact) mass is 294 g/mol. The average Bonchev–Trinajstić information content (AvgIpc) is 3.10. The molecular weight excluding hydrogens is 280 g/mol. The molecule has 0 aromatic carbocycles. The van der Waals surface area contributed by atoms with Crippen LogP contribution in [0.15, 0.2) is 22.8 Å². The Hall–Kier alpha value is -2.55. The van der Waals surface area contributed by atoms with E-state index < -0.39 is 23.9 Å². The number of hydroxylamine groups is 2. The lowest BCUT2D eigenvalue weighted by Gasteiger charge is -2.29. The zero-order chi connectivity index (χ0) is 15.0. The van der Waals surface area contributed by atoms with Gasteiger partial charge in [0.2, 0.25) is 0 Å². The lowest BCUT2D eigenvalue weighted by Crippen LogP contribution is -2.54. The standard InChI is InChI=1S/C12H14N4O5/c17-10(13-14-11(18)9-2-1-5-21-9)8-4-3-7-6-15(8)12(19)16(7)20/h1-2,5,7-8,20H,3-4,6H2,(H,13,17)(H,14,18)/t7-,8+/m1/s1. The maximum Gasteiger partial charge on any atom is 0.344 e. The predicted molar refractivity (Wildman–Crippen MR) is 66.9 cm³/mol. The smallest absolute Gasteiger partial charge is 0.344 e. The van der Waals surface area contributed by atoms with Gasteiger partial charge in [-0.1, -0.05) is 0 Å². The summed E-state index contributed by atoms with van der Waals surface area (Å²) in [7, 11) is 0. The van der Waals surface area contributed by atoms with Crippen molar-refractivity contribution in [3.05, 3.63) is 24.2 Å². The van der Waals surface area contributed by atoms with Crippen LogP contribution in [-0.4, -0.2) is 51.6 Å². The first-order valence-electron chi connectivity index (χ1n) is 6.50. The Kier molecular flexibility index (Phi) is 3.26. The highest BCUT2D eigenvalue weighted by molar-refractivity contribution is 5.94. The Labute approximate surface area is 119 Å². The molecule has 2 fully saturated rings. The fourth-order valence-electron chi connectivity index (χ4n) is 2.59. The third-order valence-electron chi connectivity index (χ3n) is 3.69. The minimum atomic E-state index is -0.706. The van der Waals surface area contributed by atoms with Crippen LogP contribution in [0, 0.1) is 0 Å². The molecular formula is C12H14N4O5. The molecule has 3 heterocycles. The molecule has 0 aliphatic carbocycles. The van der Waals surface area contributed by atoms with E-state index in [4.69, 9.17) is 4.42 Å². The predicted octanol–water partition coefficient (Wildman–Crippen LogP) is -0.302. The van der Waals surface area contributed by atoms with Gasteiger partial charge in [0.1, 0.15) is 6.04 Å². The molecule has 4 amide bonds. The van der Waals surface area contributed by atoms with E-state index in [2.05, 4.69) is 10.9 Å². The number of rotatable bonds is 2. The molecule has 9 nitrogen and oxygen atoms in total. The van der Waals surface area contributed by atoms with Crippen molar-refractivity contribution in [1.29, 1.82) is 0 Å². The average molecular weight is 294 g/mol. The molecule has 1 aromatic heterocycles. The number of carbonyl (C=O) groups excluding carboxylic acids is 3. The van der Waals surface area contributed by atoms with E-state index in [1.807, 2.05) is 0 Å². The van der Waals surface area contributed by atoms with Crippen LogP contribution in [0.5, 0.6) is 0 Å². The number of nitrogens with one attached hydrogen (secondary N) is 2. The van der Waals surface area contributed by atoms with Crippen molar-refractivity contribution >= 4 is 17.8 Å². The SMILES string of the molecule is O=C(NNC(=O)[C@@H]1CC[C@@H]2CN1C(=O)N2O)c1ccco1. The largest absolute Gasteiger partial charge is 0.459 e. The Morgan fingerprint density at radius 2 is 2.14 bits per heavy atom. The summed E-state index contributed by atoms with van der Waals surface area (Å²) in [5.41, 5.74) is 4.49. The zero-order valence-electron chi connectivity index (χ0n) is 11.0. The summed E-state index contributed by atoms with van der Waals surface area (Å²) in [5.74, 6) is -1.02. The summed E-state index contributed by atoms with van der Waals surface area (Å²) in [4.78, 5) is 36.7. The van der Waals surface area contributed by atoms with Crippen molar-refractivity contribution in [2.75, 3.05) is 6.54 Å². The van der Waals surface area contributed by atoms with Crippen molar-refractivity contribution in [2.45, 2.75) is 24.9 Å². The second-order valence-corrected chi connectivity index (χ2v) is 4.95. The van der Waals surface area contributed by atoms with E-state index in [0.29, 0.717) is 24.4 Å². The van der Waals surface area contributed by atoms with Crippen molar-refractivity contribution < 1.29 is 24.0 Å². The maximum absolute atomic E-state index is 12.1. The summed E-state index contributed by atoms with van der Waals surface area (Å²) < 4.78 is 4.89. The molecule has 2 aliphatic heterocycles. The first kappa shape index (κ1) is 13.4. The van der Waals surface area contributed by atoms with Crippen LogP contribution in [0.4, 0.5) is 4.79 Å². The van der Waals surface area contributed by atoms with Gasteiger partial charge >= 0.3 is 11.9 Å². The Balaban J connectivity index is 1.59. The van der Waals surface area contributed by atoms with Crippen molar-refractivity contribution in [3.63, 3.8) is 0 Å². The Bertz CT molecular complexity index is 572. The van der Waals surface area contributed by atoms with E-state index in [1.54, 1.807) is 6.07 Å². The topological polar surface area (TPSA) is 115 Å². The van der Waals surface area contributed by atoms with E-state index >= 15 is 0 Å². The van der Waals surface area contributed by atoms with Gasteiger partial charge in [0, 0.05) is 6.54 Å². The van der Waals surface area contributed by atoms with Crippen molar-refractivity contribution in [2.24, 2.45) is 0 Å². The highest BCUT2D eigenvalue weighted by Gasteiger charge is 2.46. The molecule has 2 atom stereocenters. The summed E-state index contributed by atoms with van der Waals surface area (Å²) in [6.07, 6.45) is 2.30. The molecule has 0 spiro atoms. The van der Waals surface area contributed by atoms with Crippen molar-refractivity contribution in [3.8, 4) is 0 Å². The van der Waals surface area contributed by atoms with E-state index in [0.717, 1.165) is 0 Å². The van der Waals surface area contributed by atoms with Gasteiger partial charge in [-0.3, -0.25) is 25.6 Å². The first-order chi connectivity index (χ1) is 10.1. The Morgan fingerprint density at radius 1 is 1.33 bits per heavy atom. The van der Waals surface area contributed by atoms with Gasteiger partial charge in [-0.05, 0) is 25.0 Å². The number of urea groups is 1. The highest BCUT2D eigenvalue weighted by Crippen LogP contribution is 2.28. The molecule has 112 valence electrons. The van der Waals surface area contributed by atoms with E-state index in [-0.39, 0.29) is 11.8 Å². The van der Waals surface area contributed by atoms with Crippen LogP contribution in [0.25, 0.3) is 0 Å². The molecule has 2 saturated heterocycles. The van der Waals surface area contributed by atoms with Gasteiger partial charge < -0.3 is 9.32 Å². The van der Waals surface area contributed by atoms with Crippen molar-refractivity contribution in [1.82, 2.24) is 20.8 Å². The molecule has 1 aromatic rings. The number of hydrazine groups is 1. The molecule has 0 saturated carbocycles. The number of carbonyl (C=O) groups is 3. The van der Waals surface area contributed by atoms with Gasteiger partial charge in [-0.25, -0.2) is 9.86 Å². The number of amides is 4. The first-order valence-corrected chi connectivity index (χ1v) is 6.50. The molecule has 2 bridgehead atoms. The number of hydrogen-bond donors (Lipinski definition) is 3. The van der Waals surface area contributed by atoms with E-state index in [9.17, 15) is 19.6 Å². The van der Waals surface area contributed by atoms with Crippen LogP contribution in [-0.2, 0) is 4.79 Å². The van der Waals surface area contributed by atoms with Crippen LogP contribution < -0.4 is 10.9 Å². The lowest BCUT2D eigenvalue weighted by molar-refractivity contribution is -0.126. The van der Waals surface area contributed by atoms with Crippen LogP contribution >= 0.6 is 0 Å². The summed E-state index contributed by atoms with van der Waals surface area (Å²) in [5, 5.41) is 10.2. The molecule has 2 aliphatic rings. The summed E-state index contributed by atoms with van der Waals surface area (Å²) in [6.45, 7) is 0.305. The maximum atomic E-state index is 12.1. The van der Waals surface area contributed by atoms with Crippen LogP contribution in [0.3, 0.4) is 0 Å². The van der Waals surface area contributed by atoms with Crippen LogP contribution in [0.1, 0.15) is 23.4 Å². The van der Waals surface area contributed by atoms with Gasteiger partial charge in [0.05, 0.1) is 12.3 Å². The normalized spacial score (nSPS) is 24.1. The van der Waals surface area contributed by atoms with Crippen LogP contribution in [0.2, 0.25) is 0 Å². The number of fused-ring (bicyclic) bond motifs is 2. The van der Waals surface area contributed by atoms with Gasteiger partial charge in [0.25, 0.3) is 5.91 Å². The quantitative estimate of drug-likeness (QED) is 0.511. The fourth-order valence-corrected chi connectivity index (χ4v) is 2.59. The number of piperidine rings is 1. The molecule has 0 unspecified atom stereocenters. The summed E-state index contributed by atoms with van der Waals surface area (Å²) >= 11 is 0. The second kappa shape index (κ2) is 5.09. The molecule has 21 heavy (non-hydrogen) atoms. The Morgan fingerprint density at radius 3 is 2.86 bits per heavy atom.